The molecule has 0 saturated carbocycles. The topological polar surface area (TPSA) is 103 Å². The van der Waals surface area contributed by atoms with E-state index in [9.17, 15) is 14.4 Å². The van der Waals surface area contributed by atoms with Gasteiger partial charge in [0.2, 0.25) is 0 Å². The van der Waals surface area contributed by atoms with Crippen LogP contribution in [-0.4, -0.2) is 28.2 Å². The molecule has 0 amide bonds. The number of imidazole rings is 3. The maximum absolute atomic E-state index is 13.4. The van der Waals surface area contributed by atoms with E-state index in [1.54, 1.807) is 13.2 Å². The van der Waals surface area contributed by atoms with E-state index >= 15 is 0 Å². The van der Waals surface area contributed by atoms with Crippen LogP contribution in [0, 0.1) is 0 Å². The fraction of sp³-hybridized carbons (Fsp3) is 0.143. The van der Waals surface area contributed by atoms with Crippen LogP contribution in [0.3, 0.4) is 0 Å². The van der Waals surface area contributed by atoms with Crippen LogP contribution in [0.2, 0.25) is 0 Å². The molecule has 18 aromatic rings. The van der Waals surface area contributed by atoms with Crippen LogP contribution in [0.15, 0.2) is 233 Å². The van der Waals surface area contributed by atoms with Crippen LogP contribution in [0.1, 0.15) is 94.2 Å². The molecule has 6 aromatic heterocycles. The quantitative estimate of drug-likeness (QED) is 0.150. The van der Waals surface area contributed by atoms with Gasteiger partial charge in [0, 0.05) is 54.9 Å². The smallest absolute Gasteiger partial charge is 0.264 e. The van der Waals surface area contributed by atoms with Crippen LogP contribution in [0.4, 0.5) is 0 Å². The number of benzene rings is 12. The van der Waals surface area contributed by atoms with Crippen molar-refractivity contribution >= 4 is 115 Å². The molecule has 0 bridgehead atoms. The van der Waals surface area contributed by atoms with Gasteiger partial charge in [0.05, 0.1) is 33.1 Å². The van der Waals surface area contributed by atoms with Gasteiger partial charge in [-0.2, -0.15) is 0 Å². The van der Waals surface area contributed by atoms with Gasteiger partial charge in [-0.05, 0) is 144 Å². The Balaban J connectivity index is 0.000000104. The van der Waals surface area contributed by atoms with E-state index in [0.29, 0.717) is 0 Å². The fourth-order valence-electron chi connectivity index (χ4n) is 14.8. The van der Waals surface area contributed by atoms with Gasteiger partial charge in [-0.25, -0.2) is 15.0 Å². The molecular formula is C84H66N6O3. The van der Waals surface area contributed by atoms with Gasteiger partial charge in [-0.1, -0.05) is 231 Å². The van der Waals surface area contributed by atoms with E-state index in [2.05, 4.69) is 205 Å². The highest BCUT2D eigenvalue weighted by Gasteiger charge is 2.27. The number of fused-ring (bicyclic) bond motifs is 22. The number of rotatable bonds is 0. The van der Waals surface area contributed by atoms with Gasteiger partial charge in [0.1, 0.15) is 16.9 Å². The molecule has 450 valence electrons. The van der Waals surface area contributed by atoms with Crippen LogP contribution < -0.4 is 16.7 Å². The maximum atomic E-state index is 13.4. The second kappa shape index (κ2) is 22.6. The summed E-state index contributed by atoms with van der Waals surface area (Å²) < 4.78 is 5.40. The summed E-state index contributed by atoms with van der Waals surface area (Å²) in [4.78, 5) is 55.1. The first-order valence-corrected chi connectivity index (χ1v) is 32.7. The summed E-state index contributed by atoms with van der Waals surface area (Å²) in [7, 11) is 0. The molecule has 21 rings (SSSR count). The Morgan fingerprint density at radius 2 is 0.656 bits per heavy atom. The summed E-state index contributed by atoms with van der Waals surface area (Å²) in [6.45, 7) is 12.8. The van der Waals surface area contributed by atoms with Gasteiger partial charge in [-0.15, -0.1) is 0 Å². The van der Waals surface area contributed by atoms with Crippen LogP contribution >= 0.6 is 0 Å². The molecule has 0 unspecified atom stereocenters. The van der Waals surface area contributed by atoms with Gasteiger partial charge in [0.25, 0.3) is 16.7 Å². The summed E-state index contributed by atoms with van der Waals surface area (Å²) in [6.07, 6.45) is 6.44. The fourth-order valence-corrected chi connectivity index (χ4v) is 14.8. The lowest BCUT2D eigenvalue weighted by Crippen LogP contribution is -2.13. The highest BCUT2D eigenvalue weighted by Crippen LogP contribution is 2.44. The van der Waals surface area contributed by atoms with Gasteiger partial charge >= 0.3 is 0 Å². The average molecular weight is 1210 g/mol. The highest BCUT2D eigenvalue weighted by molar-refractivity contribution is 6.18. The predicted octanol–water partition coefficient (Wildman–Crippen LogP) is 19.7. The van der Waals surface area contributed by atoms with E-state index in [1.807, 2.05) is 54.6 Å². The zero-order valence-electron chi connectivity index (χ0n) is 52.9. The van der Waals surface area contributed by atoms with E-state index in [4.69, 9.17) is 15.0 Å². The molecule has 0 saturated heterocycles. The zero-order valence-corrected chi connectivity index (χ0v) is 52.9. The summed E-state index contributed by atoms with van der Waals surface area (Å²) in [5.41, 5.74) is 23.0. The minimum absolute atomic E-state index is 0.00744. The predicted molar refractivity (Wildman–Crippen MR) is 388 cm³/mol. The Bertz CT molecular complexity index is 6120. The first-order chi connectivity index (χ1) is 45.6. The van der Waals surface area contributed by atoms with E-state index in [0.717, 1.165) is 134 Å². The van der Waals surface area contributed by atoms with E-state index in [-0.39, 0.29) is 16.7 Å². The minimum atomic E-state index is 0.00744. The van der Waals surface area contributed by atoms with Crippen LogP contribution in [0.25, 0.3) is 148 Å². The van der Waals surface area contributed by atoms with Crippen molar-refractivity contribution in [2.24, 2.45) is 0 Å². The van der Waals surface area contributed by atoms with Crippen molar-refractivity contribution in [1.82, 2.24) is 28.2 Å². The number of pyridine rings is 3. The third-order valence-electron chi connectivity index (χ3n) is 18.5. The first-order valence-electron chi connectivity index (χ1n) is 32.7. The van der Waals surface area contributed by atoms with E-state index < -0.39 is 0 Å². The molecule has 3 aliphatic rings. The van der Waals surface area contributed by atoms with Crippen molar-refractivity contribution in [2.75, 3.05) is 0 Å². The second-order valence-corrected chi connectivity index (χ2v) is 24.9. The SMILES string of the molecule is CCC.CCC.CCC.O=c1c2cccc3cccc(c32)c2nc3c4c(ccc3n12)-c1ccccc1C4.O=c1c2cccc3cccc(c32)c2nc3cc4c(cc3n12)-c1ccccc1C4.O=c1c2cccc3cccc(c32)c2nc3cc4c(cc3n12)Cc1ccccc1-4. The molecule has 9 heteroatoms. The summed E-state index contributed by atoms with van der Waals surface area (Å²) in [6, 6.07) is 74.7. The lowest BCUT2D eigenvalue weighted by molar-refractivity contribution is 1.09. The minimum Gasteiger partial charge on any atom is -0.268 e. The largest absolute Gasteiger partial charge is 0.268 e. The Morgan fingerprint density at radius 3 is 1.12 bits per heavy atom. The molecule has 0 fully saturated rings. The summed E-state index contributed by atoms with van der Waals surface area (Å²) >= 11 is 0. The second-order valence-electron chi connectivity index (χ2n) is 24.9. The summed E-state index contributed by atoms with van der Waals surface area (Å²) in [5.74, 6) is 0. The molecule has 0 aliphatic heterocycles. The number of nitrogens with zero attached hydrogens (tertiary/aromatic N) is 6. The Morgan fingerprint density at radius 1 is 0.301 bits per heavy atom. The lowest BCUT2D eigenvalue weighted by Gasteiger charge is -2.07. The molecule has 0 radical (unpaired) electrons. The van der Waals surface area contributed by atoms with Crippen LogP contribution in [0.5, 0.6) is 0 Å². The number of hydrogen-bond acceptors (Lipinski definition) is 6. The highest BCUT2D eigenvalue weighted by atomic mass is 16.1. The Labute approximate surface area is 536 Å². The first kappa shape index (κ1) is 57.0. The van der Waals surface area contributed by atoms with Crippen molar-refractivity contribution in [2.45, 2.75) is 80.1 Å². The molecule has 0 spiro atoms. The monoisotopic (exact) mass is 1210 g/mol. The molecule has 93 heavy (non-hydrogen) atoms. The van der Waals surface area contributed by atoms with Crippen molar-refractivity contribution in [3.05, 3.63) is 283 Å². The molecule has 0 N–H and O–H groups in total. The van der Waals surface area contributed by atoms with Crippen molar-refractivity contribution in [1.29, 1.82) is 0 Å². The Kier molecular flexibility index (Phi) is 13.9. The van der Waals surface area contributed by atoms with Crippen molar-refractivity contribution < 1.29 is 0 Å². The lowest BCUT2D eigenvalue weighted by atomic mass is 10.0. The summed E-state index contributed by atoms with van der Waals surface area (Å²) in [5, 5.41) is 11.6. The molecule has 3 aliphatic carbocycles. The zero-order chi connectivity index (χ0) is 63.3. The van der Waals surface area contributed by atoms with Crippen molar-refractivity contribution in [3.8, 4) is 33.4 Å². The third-order valence-corrected chi connectivity index (χ3v) is 18.5. The third kappa shape index (κ3) is 8.81. The van der Waals surface area contributed by atoms with Crippen molar-refractivity contribution in [3.63, 3.8) is 0 Å². The maximum Gasteiger partial charge on any atom is 0.264 e. The van der Waals surface area contributed by atoms with E-state index in [1.165, 1.54) is 86.0 Å². The molecule has 9 nitrogen and oxygen atoms in total. The van der Waals surface area contributed by atoms with Crippen LogP contribution in [-0.2, 0) is 19.3 Å². The van der Waals surface area contributed by atoms with Gasteiger partial charge in [0.15, 0.2) is 0 Å². The van der Waals surface area contributed by atoms with Gasteiger partial charge < -0.3 is 0 Å². The molecule has 6 heterocycles. The number of aromatic nitrogens is 6. The molecule has 0 atom stereocenters. The number of hydrogen-bond donors (Lipinski definition) is 0. The molecule has 12 aromatic carbocycles. The van der Waals surface area contributed by atoms with Gasteiger partial charge in [-0.3, -0.25) is 27.6 Å². The molecular weight excluding hydrogens is 1140 g/mol. The normalized spacial score (nSPS) is 12.3. The average Bonchev–Trinajstić information content (AvgIpc) is 1.63. The Hall–Kier alpha value is -11.2. The standard InChI is InChI=1S/3C25H14N2O.3C3H8/c28-25-19-10-4-7-14-6-3-9-18(23(14)19)24-26-21-13-20-16(12-22(21)27(24)25)11-15-5-1-2-8-17(15)20;28-25-19-10-4-7-14-6-3-9-18(23(14)19)24-26-21-12-16-11-15-5-1-2-8-17(15)20(16)13-22(21)27(24)25;28-25-19-10-4-7-14-6-3-9-18(22(14)19)24-26-23-20-13-15-5-1-2-8-16(15)17(20)11-12-21(23)27(24)25;3*1-3-2/h2*1-10,12-13H,11H2;1-12H,13H2;3*3H2,1-2H3.